The lowest BCUT2D eigenvalue weighted by atomic mass is 10.3. The minimum Gasteiger partial charge on any atom is -0.361 e. The Morgan fingerprint density at radius 1 is 1.27 bits per heavy atom. The highest BCUT2D eigenvalue weighted by Gasteiger charge is 2.17. The van der Waals surface area contributed by atoms with Gasteiger partial charge in [-0.05, 0) is 12.1 Å². The molecular weight excluding hydrogens is 230 g/mol. The number of halogens is 1. The quantitative estimate of drug-likeness (QED) is 0.876. The number of hydrogen-bond acceptors (Lipinski definition) is 4. The number of thiophene rings is 1. The number of anilines is 1. The van der Waals surface area contributed by atoms with E-state index in [9.17, 15) is 0 Å². The first-order chi connectivity index (χ1) is 7.29. The normalized spacial score (nSPS) is 18.4. The molecule has 2 rings (SSSR count). The standard InChI is InChI=1S/C10H16ClN3S/c11-9-1-2-10(15-9)14-7-5-13(4-3-12)6-8-14/h1-2H,3-8,12H2. The van der Waals surface area contributed by atoms with Crippen molar-refractivity contribution in [3.05, 3.63) is 16.5 Å². The summed E-state index contributed by atoms with van der Waals surface area (Å²) in [7, 11) is 0. The fourth-order valence-electron chi connectivity index (χ4n) is 1.85. The van der Waals surface area contributed by atoms with Crippen molar-refractivity contribution in [2.75, 3.05) is 44.2 Å². The molecule has 0 saturated carbocycles. The van der Waals surface area contributed by atoms with Crippen molar-refractivity contribution in [1.29, 1.82) is 0 Å². The first-order valence-corrected chi connectivity index (χ1v) is 6.42. The van der Waals surface area contributed by atoms with Crippen LogP contribution in [0.2, 0.25) is 4.34 Å². The second-order valence-corrected chi connectivity index (χ2v) is 5.39. The van der Waals surface area contributed by atoms with Crippen LogP contribution in [0.15, 0.2) is 12.1 Å². The molecule has 1 aromatic rings. The maximum Gasteiger partial charge on any atom is 0.0950 e. The Morgan fingerprint density at radius 2 is 2.00 bits per heavy atom. The molecule has 0 atom stereocenters. The summed E-state index contributed by atoms with van der Waals surface area (Å²) in [4.78, 5) is 4.80. The molecule has 1 aliphatic heterocycles. The van der Waals surface area contributed by atoms with E-state index >= 15 is 0 Å². The Kier molecular flexibility index (Phi) is 3.86. The first kappa shape index (κ1) is 11.2. The predicted octanol–water partition coefficient (Wildman–Crippen LogP) is 1.48. The maximum atomic E-state index is 5.92. The lowest BCUT2D eigenvalue weighted by Crippen LogP contribution is -2.47. The van der Waals surface area contributed by atoms with Gasteiger partial charge in [0.05, 0.1) is 9.34 Å². The molecule has 2 heterocycles. The van der Waals surface area contributed by atoms with E-state index in [1.54, 1.807) is 11.3 Å². The summed E-state index contributed by atoms with van der Waals surface area (Å²) in [5.41, 5.74) is 5.54. The molecular formula is C10H16ClN3S. The Labute approximate surface area is 99.4 Å². The fraction of sp³-hybridized carbons (Fsp3) is 0.600. The van der Waals surface area contributed by atoms with Crippen molar-refractivity contribution in [3.63, 3.8) is 0 Å². The van der Waals surface area contributed by atoms with Crippen molar-refractivity contribution in [3.8, 4) is 0 Å². The van der Waals surface area contributed by atoms with Crippen molar-refractivity contribution >= 4 is 27.9 Å². The highest BCUT2D eigenvalue weighted by atomic mass is 35.5. The van der Waals surface area contributed by atoms with E-state index in [2.05, 4.69) is 15.9 Å². The van der Waals surface area contributed by atoms with Crippen LogP contribution in [0, 0.1) is 0 Å². The minimum absolute atomic E-state index is 0.755. The summed E-state index contributed by atoms with van der Waals surface area (Å²) in [5, 5.41) is 1.28. The average Bonchev–Trinajstić information content (AvgIpc) is 2.67. The van der Waals surface area contributed by atoms with Crippen LogP contribution in [0.4, 0.5) is 5.00 Å². The summed E-state index contributed by atoms with van der Waals surface area (Å²) < 4.78 is 0.870. The molecule has 0 bridgehead atoms. The summed E-state index contributed by atoms with van der Waals surface area (Å²) in [6, 6.07) is 4.07. The van der Waals surface area contributed by atoms with E-state index in [-0.39, 0.29) is 0 Å². The summed E-state index contributed by atoms with van der Waals surface area (Å²) in [5.74, 6) is 0. The molecule has 0 aromatic carbocycles. The van der Waals surface area contributed by atoms with E-state index < -0.39 is 0 Å². The molecule has 84 valence electrons. The molecule has 0 aliphatic carbocycles. The second-order valence-electron chi connectivity index (χ2n) is 3.70. The minimum atomic E-state index is 0.755. The zero-order chi connectivity index (χ0) is 10.7. The van der Waals surface area contributed by atoms with Crippen LogP contribution in [-0.2, 0) is 0 Å². The van der Waals surface area contributed by atoms with E-state index in [1.165, 1.54) is 5.00 Å². The average molecular weight is 246 g/mol. The van der Waals surface area contributed by atoms with E-state index in [0.717, 1.165) is 43.6 Å². The van der Waals surface area contributed by atoms with Crippen LogP contribution in [-0.4, -0.2) is 44.2 Å². The summed E-state index contributed by atoms with van der Waals surface area (Å²) in [6.07, 6.45) is 0. The molecule has 5 heteroatoms. The molecule has 1 aromatic heterocycles. The zero-order valence-corrected chi connectivity index (χ0v) is 10.2. The van der Waals surface area contributed by atoms with Gasteiger partial charge in [-0.15, -0.1) is 11.3 Å². The molecule has 1 saturated heterocycles. The van der Waals surface area contributed by atoms with Gasteiger partial charge < -0.3 is 10.6 Å². The SMILES string of the molecule is NCCN1CCN(c2ccc(Cl)s2)CC1. The molecule has 3 nitrogen and oxygen atoms in total. The number of rotatable bonds is 3. The highest BCUT2D eigenvalue weighted by Crippen LogP contribution is 2.29. The molecule has 15 heavy (non-hydrogen) atoms. The van der Waals surface area contributed by atoms with Crippen LogP contribution >= 0.6 is 22.9 Å². The third-order valence-electron chi connectivity index (χ3n) is 2.69. The molecule has 0 amide bonds. The van der Waals surface area contributed by atoms with Gasteiger partial charge in [0.1, 0.15) is 0 Å². The number of piperazine rings is 1. The van der Waals surface area contributed by atoms with Gasteiger partial charge in [0.2, 0.25) is 0 Å². The van der Waals surface area contributed by atoms with Gasteiger partial charge in [-0.1, -0.05) is 11.6 Å². The third-order valence-corrected chi connectivity index (χ3v) is 3.98. The van der Waals surface area contributed by atoms with Crippen molar-refractivity contribution < 1.29 is 0 Å². The molecule has 1 aliphatic rings. The zero-order valence-electron chi connectivity index (χ0n) is 8.66. The monoisotopic (exact) mass is 245 g/mol. The van der Waals surface area contributed by atoms with E-state index in [0.29, 0.717) is 0 Å². The van der Waals surface area contributed by atoms with Crippen molar-refractivity contribution in [1.82, 2.24) is 4.90 Å². The predicted molar refractivity (Wildman–Crippen MR) is 67.0 cm³/mol. The van der Waals surface area contributed by atoms with Crippen LogP contribution in [0.25, 0.3) is 0 Å². The van der Waals surface area contributed by atoms with E-state index in [1.807, 2.05) is 6.07 Å². The number of nitrogens with zero attached hydrogens (tertiary/aromatic N) is 2. The molecule has 0 spiro atoms. The highest BCUT2D eigenvalue weighted by molar-refractivity contribution is 7.19. The van der Waals surface area contributed by atoms with Crippen LogP contribution in [0.5, 0.6) is 0 Å². The fourth-order valence-corrected chi connectivity index (χ4v) is 2.93. The van der Waals surface area contributed by atoms with Gasteiger partial charge in [0.25, 0.3) is 0 Å². The summed E-state index contributed by atoms with van der Waals surface area (Å²) in [6.45, 7) is 6.14. The van der Waals surface area contributed by atoms with Crippen LogP contribution < -0.4 is 10.6 Å². The van der Waals surface area contributed by atoms with E-state index in [4.69, 9.17) is 17.3 Å². The lowest BCUT2D eigenvalue weighted by molar-refractivity contribution is 0.265. The Bertz CT molecular complexity index is 307. The van der Waals surface area contributed by atoms with Gasteiger partial charge in [-0.25, -0.2) is 0 Å². The van der Waals surface area contributed by atoms with Crippen LogP contribution in [0.3, 0.4) is 0 Å². The number of nitrogens with two attached hydrogens (primary N) is 1. The first-order valence-electron chi connectivity index (χ1n) is 5.22. The smallest absolute Gasteiger partial charge is 0.0950 e. The topological polar surface area (TPSA) is 32.5 Å². The van der Waals surface area contributed by atoms with Crippen molar-refractivity contribution in [2.45, 2.75) is 0 Å². The molecule has 2 N–H and O–H groups in total. The van der Waals surface area contributed by atoms with Crippen LogP contribution in [0.1, 0.15) is 0 Å². The summed E-state index contributed by atoms with van der Waals surface area (Å²) >= 11 is 7.58. The van der Waals surface area contributed by atoms with Gasteiger partial charge in [-0.2, -0.15) is 0 Å². The van der Waals surface area contributed by atoms with Gasteiger partial charge >= 0.3 is 0 Å². The second kappa shape index (κ2) is 5.16. The van der Waals surface area contributed by atoms with Gasteiger partial charge in [0.15, 0.2) is 0 Å². The molecule has 1 fully saturated rings. The molecule has 0 radical (unpaired) electrons. The number of hydrogen-bond donors (Lipinski definition) is 1. The molecule has 0 unspecified atom stereocenters. The Hall–Kier alpha value is -0.290. The largest absolute Gasteiger partial charge is 0.361 e. The Balaban J connectivity index is 1.88. The Morgan fingerprint density at radius 3 is 2.53 bits per heavy atom. The van der Waals surface area contributed by atoms with Gasteiger partial charge in [-0.3, -0.25) is 4.90 Å². The van der Waals surface area contributed by atoms with Gasteiger partial charge in [0, 0.05) is 39.3 Å². The maximum absolute atomic E-state index is 5.92. The lowest BCUT2D eigenvalue weighted by Gasteiger charge is -2.34. The third kappa shape index (κ3) is 2.84. The van der Waals surface area contributed by atoms with Crippen molar-refractivity contribution in [2.24, 2.45) is 5.73 Å².